The maximum atomic E-state index is 11.2. The number of imidazole rings is 1. The Morgan fingerprint density at radius 3 is 2.66 bits per heavy atom. The third kappa shape index (κ3) is 4.99. The van der Waals surface area contributed by atoms with E-state index in [-0.39, 0.29) is 6.10 Å². The SMILES string of the molecule is COc1nc(Nc2ccc3c(n2)O[C@H](c2ccccc2)CN(CC=O)C3)ccc1-n1cnc(C)c1. The molecule has 0 spiro atoms. The molecule has 1 aliphatic heterocycles. The molecular weight excluding hydrogens is 444 g/mol. The van der Waals surface area contributed by atoms with Crippen LogP contribution in [0.15, 0.2) is 67.1 Å². The maximum Gasteiger partial charge on any atom is 0.240 e. The smallest absolute Gasteiger partial charge is 0.240 e. The molecule has 1 aliphatic rings. The highest BCUT2D eigenvalue weighted by molar-refractivity contribution is 5.57. The molecular formula is C26H26N6O3. The summed E-state index contributed by atoms with van der Waals surface area (Å²) >= 11 is 0. The van der Waals surface area contributed by atoms with Crippen molar-refractivity contribution in [2.24, 2.45) is 0 Å². The van der Waals surface area contributed by atoms with Gasteiger partial charge >= 0.3 is 0 Å². The molecule has 9 heteroatoms. The molecule has 9 nitrogen and oxygen atoms in total. The van der Waals surface area contributed by atoms with Crippen LogP contribution in [-0.2, 0) is 11.3 Å². The second kappa shape index (κ2) is 9.94. The summed E-state index contributed by atoms with van der Waals surface area (Å²) in [7, 11) is 1.59. The van der Waals surface area contributed by atoms with Gasteiger partial charge in [-0.25, -0.2) is 4.98 Å². The minimum Gasteiger partial charge on any atom is -0.479 e. The number of aldehydes is 1. The van der Waals surface area contributed by atoms with E-state index in [9.17, 15) is 4.79 Å². The fourth-order valence-electron chi connectivity index (χ4n) is 4.09. The van der Waals surface area contributed by atoms with E-state index in [4.69, 9.17) is 14.5 Å². The van der Waals surface area contributed by atoms with E-state index in [0.717, 1.165) is 28.8 Å². The standard InChI is InChI=1S/C26H26N6O3/c1-18-14-32(17-27-18)21-9-11-24(30-26(21)34-2)28-23-10-8-20-15-31(12-13-33)16-22(35-25(20)29-23)19-6-4-3-5-7-19/h3-11,13-14,17,22H,12,15-16H2,1-2H3,(H,28,29,30)/t22-/m0/s1. The quantitative estimate of drug-likeness (QED) is 0.407. The third-order valence-electron chi connectivity index (χ3n) is 5.79. The van der Waals surface area contributed by atoms with Crippen molar-refractivity contribution in [3.63, 3.8) is 0 Å². The van der Waals surface area contributed by atoms with Gasteiger partial charge in [0, 0.05) is 24.8 Å². The lowest BCUT2D eigenvalue weighted by Gasteiger charge is -2.22. The van der Waals surface area contributed by atoms with E-state index in [1.807, 2.05) is 72.3 Å². The van der Waals surface area contributed by atoms with Crippen LogP contribution < -0.4 is 14.8 Å². The number of fused-ring (bicyclic) bond motifs is 1. The second-order valence-electron chi connectivity index (χ2n) is 8.31. The van der Waals surface area contributed by atoms with Crippen LogP contribution in [0, 0.1) is 6.92 Å². The lowest BCUT2D eigenvalue weighted by molar-refractivity contribution is -0.109. The summed E-state index contributed by atoms with van der Waals surface area (Å²) in [5.41, 5.74) is 3.65. The number of nitrogens with zero attached hydrogens (tertiary/aromatic N) is 5. The lowest BCUT2D eigenvalue weighted by Crippen LogP contribution is -2.29. The summed E-state index contributed by atoms with van der Waals surface area (Å²) in [6.07, 6.45) is 4.32. The minimum absolute atomic E-state index is 0.240. The predicted molar refractivity (Wildman–Crippen MR) is 131 cm³/mol. The molecule has 5 rings (SSSR count). The van der Waals surface area contributed by atoms with Crippen molar-refractivity contribution < 1.29 is 14.3 Å². The van der Waals surface area contributed by atoms with Crippen molar-refractivity contribution >= 4 is 17.9 Å². The van der Waals surface area contributed by atoms with Gasteiger partial charge in [0.05, 0.1) is 25.7 Å². The van der Waals surface area contributed by atoms with Gasteiger partial charge in [-0.15, -0.1) is 0 Å². The number of aromatic nitrogens is 4. The summed E-state index contributed by atoms with van der Waals surface area (Å²) in [5, 5.41) is 3.25. The molecule has 3 aromatic heterocycles. The molecule has 0 saturated carbocycles. The number of hydrogen-bond acceptors (Lipinski definition) is 8. The number of ether oxygens (including phenoxy) is 2. The molecule has 4 heterocycles. The van der Waals surface area contributed by atoms with Gasteiger partial charge in [0.2, 0.25) is 11.8 Å². The molecule has 178 valence electrons. The third-order valence-corrected chi connectivity index (χ3v) is 5.79. The average Bonchev–Trinajstić information content (AvgIpc) is 3.22. The van der Waals surface area contributed by atoms with Crippen LogP contribution >= 0.6 is 0 Å². The maximum absolute atomic E-state index is 11.2. The van der Waals surface area contributed by atoms with Gasteiger partial charge in [0.25, 0.3) is 0 Å². The molecule has 35 heavy (non-hydrogen) atoms. The summed E-state index contributed by atoms with van der Waals surface area (Å²) in [6, 6.07) is 17.6. The van der Waals surface area contributed by atoms with E-state index >= 15 is 0 Å². The topological polar surface area (TPSA) is 94.4 Å². The van der Waals surface area contributed by atoms with Crippen LogP contribution in [0.3, 0.4) is 0 Å². The summed E-state index contributed by atoms with van der Waals surface area (Å²) in [5.74, 6) is 2.19. The van der Waals surface area contributed by atoms with E-state index in [1.54, 1.807) is 13.4 Å². The molecule has 0 radical (unpaired) electrons. The molecule has 1 aromatic carbocycles. The highest BCUT2D eigenvalue weighted by Gasteiger charge is 2.25. The first kappa shape index (κ1) is 22.5. The molecule has 0 saturated heterocycles. The number of nitrogens with one attached hydrogen (secondary N) is 1. The van der Waals surface area contributed by atoms with Gasteiger partial charge < -0.3 is 24.2 Å². The first-order valence-corrected chi connectivity index (χ1v) is 11.3. The zero-order chi connectivity index (χ0) is 24.2. The van der Waals surface area contributed by atoms with Gasteiger partial charge in [-0.2, -0.15) is 9.97 Å². The monoisotopic (exact) mass is 470 g/mol. The number of rotatable bonds is 7. The van der Waals surface area contributed by atoms with Crippen molar-refractivity contribution in [3.8, 4) is 17.4 Å². The van der Waals surface area contributed by atoms with Gasteiger partial charge in [-0.1, -0.05) is 30.3 Å². The van der Waals surface area contributed by atoms with E-state index in [0.29, 0.717) is 43.0 Å². The molecule has 4 aromatic rings. The van der Waals surface area contributed by atoms with Gasteiger partial charge in [-0.05, 0) is 36.8 Å². The number of benzene rings is 1. The largest absolute Gasteiger partial charge is 0.479 e. The molecule has 1 N–H and O–H groups in total. The van der Waals surface area contributed by atoms with Gasteiger partial charge in [0.15, 0.2) is 0 Å². The number of carbonyl (C=O) groups excluding carboxylic acids is 1. The Morgan fingerprint density at radius 1 is 1.11 bits per heavy atom. The Kier molecular flexibility index (Phi) is 6.40. The first-order valence-electron chi connectivity index (χ1n) is 11.3. The second-order valence-corrected chi connectivity index (χ2v) is 8.31. The predicted octanol–water partition coefficient (Wildman–Crippen LogP) is 3.86. The number of hydrogen-bond donors (Lipinski definition) is 1. The number of aryl methyl sites for hydroxylation is 1. The molecule has 0 amide bonds. The molecule has 0 bridgehead atoms. The Balaban J connectivity index is 1.42. The number of anilines is 2. The van der Waals surface area contributed by atoms with E-state index in [1.165, 1.54) is 0 Å². The van der Waals surface area contributed by atoms with E-state index < -0.39 is 0 Å². The highest BCUT2D eigenvalue weighted by atomic mass is 16.5. The number of pyridine rings is 2. The fraction of sp³-hybridized carbons (Fsp3) is 0.231. The normalized spacial score (nSPS) is 15.5. The Labute approximate surface area is 203 Å². The van der Waals surface area contributed by atoms with Crippen molar-refractivity contribution in [3.05, 3.63) is 83.9 Å². The van der Waals surface area contributed by atoms with Crippen molar-refractivity contribution in [1.82, 2.24) is 24.4 Å². The zero-order valence-electron chi connectivity index (χ0n) is 19.6. The summed E-state index contributed by atoms with van der Waals surface area (Å²) in [4.78, 5) is 26.9. The van der Waals surface area contributed by atoms with Crippen molar-refractivity contribution in [1.29, 1.82) is 0 Å². The zero-order valence-corrected chi connectivity index (χ0v) is 19.6. The number of methoxy groups -OCH3 is 1. The summed E-state index contributed by atoms with van der Waals surface area (Å²) in [6.45, 7) is 3.43. The Bertz CT molecular complexity index is 1320. The van der Waals surface area contributed by atoms with Gasteiger partial charge in [0.1, 0.15) is 29.7 Å². The van der Waals surface area contributed by atoms with Crippen molar-refractivity contribution in [2.75, 3.05) is 25.5 Å². The van der Waals surface area contributed by atoms with Crippen LogP contribution in [0.25, 0.3) is 5.69 Å². The van der Waals surface area contributed by atoms with Crippen LogP contribution in [0.5, 0.6) is 11.8 Å². The first-order chi connectivity index (χ1) is 17.1. The van der Waals surface area contributed by atoms with Crippen molar-refractivity contribution in [2.45, 2.75) is 19.6 Å². The van der Waals surface area contributed by atoms with Gasteiger partial charge in [-0.3, -0.25) is 4.90 Å². The highest BCUT2D eigenvalue weighted by Crippen LogP contribution is 2.32. The fourth-order valence-corrected chi connectivity index (χ4v) is 4.09. The Morgan fingerprint density at radius 2 is 1.91 bits per heavy atom. The summed E-state index contributed by atoms with van der Waals surface area (Å²) < 4.78 is 13.7. The minimum atomic E-state index is -0.240. The van der Waals surface area contributed by atoms with Crippen LogP contribution in [0.2, 0.25) is 0 Å². The Hall–Kier alpha value is -4.24. The van der Waals surface area contributed by atoms with Crippen LogP contribution in [0.4, 0.5) is 11.6 Å². The molecule has 0 fully saturated rings. The number of carbonyl (C=O) groups is 1. The molecule has 0 aliphatic carbocycles. The van der Waals surface area contributed by atoms with E-state index in [2.05, 4.69) is 20.2 Å². The molecule has 1 atom stereocenters. The average molecular weight is 471 g/mol. The lowest BCUT2D eigenvalue weighted by atomic mass is 10.1. The van der Waals surface area contributed by atoms with Crippen LogP contribution in [-0.4, -0.2) is 50.9 Å². The van der Waals surface area contributed by atoms with Crippen LogP contribution in [0.1, 0.15) is 22.9 Å². The molecule has 0 unspecified atom stereocenters.